The molecule has 0 fully saturated rings. The summed E-state index contributed by atoms with van der Waals surface area (Å²) in [4.78, 5) is 0. The lowest BCUT2D eigenvalue weighted by Crippen LogP contribution is -2.32. The average molecular weight is 348 g/mol. The van der Waals surface area contributed by atoms with Crippen LogP contribution in [-0.4, -0.2) is 16.8 Å². The second kappa shape index (κ2) is 5.25. The van der Waals surface area contributed by atoms with Crippen LogP contribution in [0.5, 0.6) is 0 Å². The predicted molar refractivity (Wildman–Crippen MR) is 89.9 cm³/mol. The van der Waals surface area contributed by atoms with E-state index in [9.17, 15) is 0 Å². The summed E-state index contributed by atoms with van der Waals surface area (Å²) < 4.78 is 3.24. The summed E-state index contributed by atoms with van der Waals surface area (Å²) in [5.41, 5.74) is 5.39. The molecular weight excluding hydrogens is 326 g/mol. The molecule has 21 heavy (non-hydrogen) atoms. The van der Waals surface area contributed by atoms with Crippen molar-refractivity contribution < 1.29 is 0 Å². The molecule has 4 heteroatoms. The molecule has 0 amide bonds. The van der Waals surface area contributed by atoms with Crippen LogP contribution in [0.3, 0.4) is 0 Å². The van der Waals surface area contributed by atoms with Gasteiger partial charge in [-0.1, -0.05) is 29.8 Å². The third-order valence-corrected chi connectivity index (χ3v) is 4.91. The molecule has 112 valence electrons. The lowest BCUT2D eigenvalue weighted by Gasteiger charge is -2.35. The van der Waals surface area contributed by atoms with Gasteiger partial charge in [0.05, 0.1) is 11.9 Å². The van der Waals surface area contributed by atoms with Crippen molar-refractivity contribution in [1.29, 1.82) is 0 Å². The zero-order chi connectivity index (χ0) is 15.2. The number of benzene rings is 1. The number of aromatic nitrogens is 2. The van der Waals surface area contributed by atoms with Gasteiger partial charge in [-0.05, 0) is 56.0 Å². The zero-order valence-electron chi connectivity index (χ0n) is 13.1. The van der Waals surface area contributed by atoms with Crippen molar-refractivity contribution in [3.63, 3.8) is 0 Å². The number of aryl methyl sites for hydroxylation is 1. The Balaban J connectivity index is 2.12. The number of nitrogens with zero attached hydrogens (tertiary/aromatic N) is 2. The van der Waals surface area contributed by atoms with Crippen LogP contribution >= 0.6 is 15.9 Å². The summed E-state index contributed by atoms with van der Waals surface area (Å²) >= 11 is 3.53. The lowest BCUT2D eigenvalue weighted by atomic mass is 9.74. The fourth-order valence-electron chi connectivity index (χ4n) is 3.36. The molecule has 0 saturated carbocycles. The minimum Gasteiger partial charge on any atom is -0.313 e. The van der Waals surface area contributed by atoms with E-state index in [1.165, 1.54) is 22.5 Å². The zero-order valence-corrected chi connectivity index (χ0v) is 14.7. The summed E-state index contributed by atoms with van der Waals surface area (Å²) in [6, 6.07) is 6.77. The van der Waals surface area contributed by atoms with E-state index in [1.807, 2.05) is 13.2 Å². The molecule has 1 heterocycles. The highest BCUT2D eigenvalue weighted by molar-refractivity contribution is 9.10. The quantitative estimate of drug-likeness (QED) is 0.883. The highest BCUT2D eigenvalue weighted by Crippen LogP contribution is 2.41. The third kappa shape index (κ3) is 2.67. The maximum absolute atomic E-state index is 4.68. The number of rotatable bonds is 2. The Hall–Kier alpha value is -1.13. The van der Waals surface area contributed by atoms with E-state index in [1.54, 1.807) is 0 Å². The molecular formula is C17H22BrN3. The molecule has 3 nitrogen and oxygen atoms in total. The van der Waals surface area contributed by atoms with Crippen LogP contribution in [0.15, 0.2) is 28.9 Å². The standard InChI is InChI=1S/C17H22BrN3/c1-11-7-12(18)5-6-15(11)21-16-9-17(2,3)8-14(19-4)13(16)10-20-21/h5-7,10,14,19H,8-9H2,1-4H3. The van der Waals surface area contributed by atoms with Gasteiger partial charge in [-0.3, -0.25) is 0 Å². The first-order valence-corrected chi connectivity index (χ1v) is 8.21. The highest BCUT2D eigenvalue weighted by atomic mass is 79.9. The third-order valence-electron chi connectivity index (χ3n) is 4.41. The van der Waals surface area contributed by atoms with Crippen molar-refractivity contribution in [3.8, 4) is 5.69 Å². The molecule has 1 N–H and O–H groups in total. The Morgan fingerprint density at radius 2 is 2.14 bits per heavy atom. The number of nitrogens with one attached hydrogen (secondary N) is 1. The van der Waals surface area contributed by atoms with Crippen LogP contribution in [0.2, 0.25) is 0 Å². The molecule has 0 aliphatic heterocycles. The Kier molecular flexibility index (Phi) is 3.70. The summed E-state index contributed by atoms with van der Waals surface area (Å²) in [6.07, 6.45) is 4.25. The van der Waals surface area contributed by atoms with Gasteiger partial charge in [-0.2, -0.15) is 5.10 Å². The van der Waals surface area contributed by atoms with Crippen molar-refractivity contribution in [3.05, 3.63) is 45.7 Å². The maximum Gasteiger partial charge on any atom is 0.0678 e. The maximum atomic E-state index is 4.68. The summed E-state index contributed by atoms with van der Waals surface area (Å²) in [5.74, 6) is 0. The molecule has 2 aromatic rings. The van der Waals surface area contributed by atoms with E-state index in [-0.39, 0.29) is 0 Å². The topological polar surface area (TPSA) is 29.9 Å². The SMILES string of the molecule is CNC1CC(C)(C)Cc2c1cnn2-c1ccc(Br)cc1C. The van der Waals surface area contributed by atoms with E-state index >= 15 is 0 Å². The predicted octanol–water partition coefficient (Wildman–Crippen LogP) is 4.18. The Labute approximate surface area is 134 Å². The Morgan fingerprint density at radius 1 is 1.38 bits per heavy atom. The van der Waals surface area contributed by atoms with Crippen LogP contribution in [0, 0.1) is 12.3 Å². The smallest absolute Gasteiger partial charge is 0.0678 e. The van der Waals surface area contributed by atoms with Gasteiger partial charge in [-0.15, -0.1) is 0 Å². The van der Waals surface area contributed by atoms with Gasteiger partial charge < -0.3 is 5.32 Å². The molecule has 1 aromatic heterocycles. The van der Waals surface area contributed by atoms with Gasteiger partial charge >= 0.3 is 0 Å². The first-order chi connectivity index (χ1) is 9.91. The number of fused-ring (bicyclic) bond motifs is 1. The summed E-state index contributed by atoms with van der Waals surface area (Å²) in [7, 11) is 2.04. The summed E-state index contributed by atoms with van der Waals surface area (Å²) in [6.45, 7) is 6.82. The van der Waals surface area contributed by atoms with Crippen LogP contribution in [0.25, 0.3) is 5.69 Å². The van der Waals surface area contributed by atoms with Crippen molar-refractivity contribution in [2.75, 3.05) is 7.05 Å². The van der Waals surface area contributed by atoms with E-state index in [0.29, 0.717) is 11.5 Å². The lowest BCUT2D eigenvalue weighted by molar-refractivity contribution is 0.260. The van der Waals surface area contributed by atoms with Crippen molar-refractivity contribution in [2.45, 2.75) is 39.7 Å². The van der Waals surface area contributed by atoms with Crippen LogP contribution < -0.4 is 5.32 Å². The minimum atomic E-state index is 0.293. The molecule has 1 aliphatic rings. The van der Waals surface area contributed by atoms with Crippen molar-refractivity contribution >= 4 is 15.9 Å². The molecule has 1 aromatic carbocycles. The van der Waals surface area contributed by atoms with Crippen LogP contribution in [0.4, 0.5) is 0 Å². The van der Waals surface area contributed by atoms with Gasteiger partial charge in [-0.25, -0.2) is 4.68 Å². The van der Waals surface area contributed by atoms with Gasteiger partial charge in [0, 0.05) is 21.8 Å². The van der Waals surface area contributed by atoms with Gasteiger partial charge in [0.25, 0.3) is 0 Å². The van der Waals surface area contributed by atoms with Gasteiger partial charge in [0.15, 0.2) is 0 Å². The second-order valence-electron chi connectivity index (χ2n) is 6.78. The fraction of sp³-hybridized carbons (Fsp3) is 0.471. The van der Waals surface area contributed by atoms with Gasteiger partial charge in [0.1, 0.15) is 0 Å². The molecule has 0 spiro atoms. The monoisotopic (exact) mass is 347 g/mol. The fourth-order valence-corrected chi connectivity index (χ4v) is 3.84. The van der Waals surface area contributed by atoms with Crippen LogP contribution in [-0.2, 0) is 6.42 Å². The second-order valence-corrected chi connectivity index (χ2v) is 7.69. The van der Waals surface area contributed by atoms with Crippen LogP contribution in [0.1, 0.15) is 43.1 Å². The number of hydrogen-bond acceptors (Lipinski definition) is 2. The first-order valence-electron chi connectivity index (χ1n) is 7.42. The average Bonchev–Trinajstić information content (AvgIpc) is 2.80. The Morgan fingerprint density at radius 3 is 2.81 bits per heavy atom. The molecule has 1 aliphatic carbocycles. The minimum absolute atomic E-state index is 0.293. The van der Waals surface area contributed by atoms with Crippen molar-refractivity contribution in [1.82, 2.24) is 15.1 Å². The van der Waals surface area contributed by atoms with Crippen molar-refractivity contribution in [2.24, 2.45) is 5.41 Å². The van der Waals surface area contributed by atoms with E-state index < -0.39 is 0 Å². The largest absolute Gasteiger partial charge is 0.313 e. The molecule has 0 bridgehead atoms. The van der Waals surface area contributed by atoms with E-state index in [4.69, 9.17) is 0 Å². The summed E-state index contributed by atoms with van der Waals surface area (Å²) in [5, 5.41) is 8.13. The van der Waals surface area contributed by atoms with E-state index in [2.05, 4.69) is 70.0 Å². The molecule has 1 atom stereocenters. The molecule has 0 radical (unpaired) electrons. The number of hydrogen-bond donors (Lipinski definition) is 1. The molecule has 3 rings (SSSR count). The highest BCUT2D eigenvalue weighted by Gasteiger charge is 2.34. The first kappa shape index (κ1) is 14.8. The molecule has 1 unspecified atom stereocenters. The molecule has 0 saturated heterocycles. The van der Waals surface area contributed by atoms with E-state index in [0.717, 1.165) is 17.3 Å². The number of halogens is 1. The Bertz CT molecular complexity index is 673. The van der Waals surface area contributed by atoms with Gasteiger partial charge in [0.2, 0.25) is 0 Å². The normalized spacial score (nSPS) is 20.3.